The Bertz CT molecular complexity index is 1020. The second-order valence-corrected chi connectivity index (χ2v) is 9.76. The fraction of sp³-hybridized carbons (Fsp3) is 0.455. The number of urea groups is 1. The van der Waals surface area contributed by atoms with Gasteiger partial charge in [-0.05, 0) is 91.8 Å². The number of anilines is 1. The zero-order chi connectivity index (χ0) is 21.1. The van der Waals surface area contributed by atoms with E-state index in [2.05, 4.69) is 32.9 Å². The first-order chi connectivity index (χ1) is 14.5. The summed E-state index contributed by atoms with van der Waals surface area (Å²) in [5.41, 5.74) is 4.71. The van der Waals surface area contributed by atoms with E-state index in [1.54, 1.807) is 12.4 Å². The molecule has 0 atom stereocenters. The number of piperidine rings is 1. The summed E-state index contributed by atoms with van der Waals surface area (Å²) in [6.45, 7) is 4.40. The summed E-state index contributed by atoms with van der Waals surface area (Å²) in [7, 11) is -3.85. The summed E-state index contributed by atoms with van der Waals surface area (Å²) in [6.07, 6.45) is 7.25. The second kappa shape index (κ2) is 10.9. The first-order valence-electron chi connectivity index (χ1n) is 10.5. The minimum absolute atomic E-state index is 0. The average molecular weight is 467 g/mol. The van der Waals surface area contributed by atoms with Crippen molar-refractivity contribution in [2.24, 2.45) is 0 Å². The number of carbonyl (C=O) groups is 1. The Morgan fingerprint density at radius 1 is 1.16 bits per heavy atom. The van der Waals surface area contributed by atoms with Gasteiger partial charge in [0.25, 0.3) is 0 Å². The van der Waals surface area contributed by atoms with Crippen LogP contribution in [0.4, 0.5) is 10.5 Å². The Morgan fingerprint density at radius 3 is 2.55 bits per heavy atom. The van der Waals surface area contributed by atoms with Crippen molar-refractivity contribution >= 4 is 21.7 Å². The molecule has 0 unspecified atom stereocenters. The van der Waals surface area contributed by atoms with Crippen molar-refractivity contribution in [2.75, 3.05) is 25.0 Å². The number of benzene rings is 1. The molecule has 2 amide bonds. The summed E-state index contributed by atoms with van der Waals surface area (Å²) in [6, 6.07) is 7.00. The molecule has 7 nitrogen and oxygen atoms in total. The number of hydrogen-bond donors (Lipinski definition) is 1. The molecule has 1 saturated heterocycles. The number of carbonyl (C=O) groups excluding carboxylic acids is 1. The van der Waals surface area contributed by atoms with Crippen LogP contribution in [0.5, 0.6) is 0 Å². The van der Waals surface area contributed by atoms with Crippen LogP contribution in [-0.4, -0.2) is 49.2 Å². The van der Waals surface area contributed by atoms with Gasteiger partial charge in [0.1, 0.15) is 0 Å². The van der Waals surface area contributed by atoms with E-state index >= 15 is 0 Å². The van der Waals surface area contributed by atoms with Crippen LogP contribution in [0.3, 0.4) is 0 Å². The molecule has 2 aromatic rings. The topological polar surface area (TPSA) is 93.5 Å². The molecular weight excluding hydrogens is 439 g/mol. The molecule has 9 heteroatoms. The van der Waals surface area contributed by atoms with Crippen LogP contribution in [0.15, 0.2) is 36.7 Å². The summed E-state index contributed by atoms with van der Waals surface area (Å²) >= 11 is 0. The smallest absolute Gasteiger partial charge is 0.423 e. The van der Waals surface area contributed by atoms with Crippen molar-refractivity contribution in [3.63, 3.8) is 0 Å². The minimum atomic E-state index is -3.85. The maximum Gasteiger partial charge on any atom is 1.00 e. The summed E-state index contributed by atoms with van der Waals surface area (Å²) in [5, 5.41) is 2.22. The van der Waals surface area contributed by atoms with E-state index in [1.165, 1.54) is 5.56 Å². The van der Waals surface area contributed by atoms with Gasteiger partial charge < -0.3 is 14.9 Å². The van der Waals surface area contributed by atoms with Crippen molar-refractivity contribution in [1.82, 2.24) is 9.88 Å². The summed E-state index contributed by atoms with van der Waals surface area (Å²) in [4.78, 5) is 19.0. The Hall–Kier alpha value is -0.814. The number of aryl methyl sites for hydroxylation is 1. The Balaban J connectivity index is 0.00000272. The standard InChI is InChI=1S/C22H28N4O3S.K/c1-2-26-14-10-18(11-15-26)30(28,29)25-22(27)24-21-19-5-3-4-16(19)6-7-20(21)17-8-12-23-13-9-17;/h6-9,12-13,18H,2-5,10-11,14-15H2,1H3,(H2,23,24,25,27);/q;+1/p-1. The SMILES string of the molecule is CCN1CCC(S(=O)(=O)[N-]C(=O)Nc2c(-c3ccncc3)ccc3c2CCC3)CC1.[K+]. The molecule has 2 heterocycles. The van der Waals surface area contributed by atoms with Gasteiger partial charge in [-0.1, -0.05) is 19.1 Å². The first-order valence-corrected chi connectivity index (χ1v) is 12.0. The van der Waals surface area contributed by atoms with Gasteiger partial charge in [-0.15, -0.1) is 0 Å². The second-order valence-electron chi connectivity index (χ2n) is 7.89. The predicted molar refractivity (Wildman–Crippen MR) is 118 cm³/mol. The van der Waals surface area contributed by atoms with E-state index in [1.807, 2.05) is 18.2 Å². The molecule has 1 N–H and O–H groups in total. The molecule has 31 heavy (non-hydrogen) atoms. The van der Waals surface area contributed by atoms with E-state index in [0.717, 1.165) is 55.6 Å². The Kier molecular flexibility index (Phi) is 8.70. The third-order valence-electron chi connectivity index (χ3n) is 6.12. The van der Waals surface area contributed by atoms with Gasteiger partial charge in [0.05, 0.1) is 5.25 Å². The van der Waals surface area contributed by atoms with E-state index < -0.39 is 21.3 Å². The van der Waals surface area contributed by atoms with Crippen molar-refractivity contribution in [1.29, 1.82) is 0 Å². The van der Waals surface area contributed by atoms with Gasteiger partial charge in [-0.3, -0.25) is 9.78 Å². The number of fused-ring (bicyclic) bond motifs is 1. The number of nitrogens with one attached hydrogen (secondary N) is 1. The van der Waals surface area contributed by atoms with E-state index in [9.17, 15) is 13.2 Å². The van der Waals surface area contributed by atoms with Gasteiger partial charge in [0.15, 0.2) is 16.1 Å². The predicted octanol–water partition coefficient (Wildman–Crippen LogP) is 0.961. The number of likely N-dealkylation sites (tertiary alicyclic amines) is 1. The third-order valence-corrected chi connectivity index (χ3v) is 7.85. The van der Waals surface area contributed by atoms with Crippen LogP contribution in [0.25, 0.3) is 15.8 Å². The van der Waals surface area contributed by atoms with E-state index in [0.29, 0.717) is 18.5 Å². The van der Waals surface area contributed by atoms with E-state index in [4.69, 9.17) is 0 Å². The monoisotopic (exact) mass is 466 g/mol. The van der Waals surface area contributed by atoms with Gasteiger partial charge in [-0.25, -0.2) is 8.42 Å². The van der Waals surface area contributed by atoms with Crippen molar-refractivity contribution in [3.05, 3.63) is 52.5 Å². The maximum absolute atomic E-state index is 12.7. The molecule has 160 valence electrons. The Morgan fingerprint density at radius 2 is 1.87 bits per heavy atom. The van der Waals surface area contributed by atoms with Gasteiger partial charge in [0.2, 0.25) is 0 Å². The molecule has 0 spiro atoms. The molecule has 2 aliphatic rings. The molecule has 0 saturated carbocycles. The number of pyridine rings is 1. The first kappa shape index (κ1) is 24.8. The van der Waals surface area contributed by atoms with Crippen LogP contribution in [0.2, 0.25) is 0 Å². The van der Waals surface area contributed by atoms with Crippen LogP contribution >= 0.6 is 0 Å². The molecule has 4 rings (SSSR count). The number of aromatic nitrogens is 1. The largest absolute Gasteiger partial charge is 1.00 e. The van der Waals surface area contributed by atoms with Crippen LogP contribution < -0.4 is 56.7 Å². The van der Waals surface area contributed by atoms with Gasteiger partial charge in [-0.2, -0.15) is 0 Å². The minimum Gasteiger partial charge on any atom is -0.423 e. The molecule has 0 radical (unpaired) electrons. The van der Waals surface area contributed by atoms with Gasteiger partial charge >= 0.3 is 51.4 Å². The number of sulfonamides is 1. The molecule has 1 aliphatic carbocycles. The third kappa shape index (κ3) is 5.76. The maximum atomic E-state index is 12.7. The molecule has 1 fully saturated rings. The van der Waals surface area contributed by atoms with Crippen molar-refractivity contribution in [2.45, 2.75) is 44.3 Å². The Labute approximate surface area is 226 Å². The number of nitrogens with zero attached hydrogens (tertiary/aromatic N) is 3. The molecular formula is C22H27KN4O3S. The number of hydrogen-bond acceptors (Lipinski definition) is 5. The summed E-state index contributed by atoms with van der Waals surface area (Å²) in [5.74, 6) is 0. The molecule has 1 aromatic carbocycles. The zero-order valence-corrected chi connectivity index (χ0v) is 22.1. The van der Waals surface area contributed by atoms with Crippen molar-refractivity contribution < 1.29 is 64.6 Å². The average Bonchev–Trinajstić information content (AvgIpc) is 3.23. The normalized spacial score (nSPS) is 16.9. The van der Waals surface area contributed by atoms with E-state index in [-0.39, 0.29) is 51.4 Å². The fourth-order valence-corrected chi connectivity index (χ4v) is 5.66. The zero-order valence-electron chi connectivity index (χ0n) is 18.2. The quantitative estimate of drug-likeness (QED) is 0.663. The number of amides is 2. The molecule has 1 aromatic heterocycles. The summed E-state index contributed by atoms with van der Waals surface area (Å²) < 4.78 is 29.1. The number of rotatable bonds is 5. The van der Waals surface area contributed by atoms with Crippen LogP contribution in [0.1, 0.15) is 37.3 Å². The van der Waals surface area contributed by atoms with Crippen LogP contribution in [-0.2, 0) is 22.9 Å². The molecule has 1 aliphatic heterocycles. The molecule has 0 bridgehead atoms. The van der Waals surface area contributed by atoms with Gasteiger partial charge in [0, 0.05) is 12.4 Å². The van der Waals surface area contributed by atoms with Crippen molar-refractivity contribution in [3.8, 4) is 11.1 Å². The fourth-order valence-electron chi connectivity index (χ4n) is 4.42. The van der Waals surface area contributed by atoms with Crippen LogP contribution in [0, 0.1) is 0 Å².